The van der Waals surface area contributed by atoms with Gasteiger partial charge in [-0.15, -0.1) is 0 Å². The van der Waals surface area contributed by atoms with Gasteiger partial charge in [0.05, 0.1) is 29.2 Å². The normalized spacial score (nSPS) is 17.4. The maximum atomic E-state index is 12.4. The standard InChI is InChI=1S/C13H18ClNO4S/c1-10(2)19-13-4-3-11(9-12(13)14)20(16,17)15-5-7-18-8-6-15/h3-4,9-10H,5-8H2,1-2H3. The Morgan fingerprint density at radius 1 is 1.30 bits per heavy atom. The molecule has 1 aliphatic rings. The number of nitrogens with zero attached hydrogens (tertiary/aromatic N) is 1. The second-order valence-corrected chi connectivity index (χ2v) is 7.12. The molecule has 7 heteroatoms. The molecule has 20 heavy (non-hydrogen) atoms. The highest BCUT2D eigenvalue weighted by atomic mass is 35.5. The first-order chi connectivity index (χ1) is 9.41. The van der Waals surface area contributed by atoms with Crippen molar-refractivity contribution in [2.75, 3.05) is 26.3 Å². The van der Waals surface area contributed by atoms with Crippen LogP contribution in [0.4, 0.5) is 0 Å². The molecule has 0 amide bonds. The van der Waals surface area contributed by atoms with Crippen molar-refractivity contribution >= 4 is 21.6 Å². The van der Waals surface area contributed by atoms with Gasteiger partial charge >= 0.3 is 0 Å². The van der Waals surface area contributed by atoms with E-state index in [0.717, 1.165) is 0 Å². The fourth-order valence-electron chi connectivity index (χ4n) is 1.93. The molecular formula is C13H18ClNO4S. The molecule has 5 nitrogen and oxygen atoms in total. The minimum Gasteiger partial charge on any atom is -0.489 e. The van der Waals surface area contributed by atoms with Gasteiger partial charge in [0.15, 0.2) is 0 Å². The maximum absolute atomic E-state index is 12.4. The van der Waals surface area contributed by atoms with E-state index in [2.05, 4.69) is 0 Å². The van der Waals surface area contributed by atoms with Crippen LogP contribution in [0.3, 0.4) is 0 Å². The Hall–Kier alpha value is -0.820. The molecule has 1 aromatic rings. The molecule has 112 valence electrons. The van der Waals surface area contributed by atoms with Crippen molar-refractivity contribution < 1.29 is 17.9 Å². The number of morpholine rings is 1. The van der Waals surface area contributed by atoms with E-state index < -0.39 is 10.0 Å². The van der Waals surface area contributed by atoms with Gasteiger partial charge in [0.25, 0.3) is 0 Å². The zero-order valence-electron chi connectivity index (χ0n) is 11.5. The molecule has 2 rings (SSSR count). The summed E-state index contributed by atoms with van der Waals surface area (Å²) in [5.74, 6) is 0.489. The molecule has 0 saturated carbocycles. The predicted octanol–water partition coefficient (Wildman–Crippen LogP) is 2.15. The quantitative estimate of drug-likeness (QED) is 0.853. The van der Waals surface area contributed by atoms with Crippen LogP contribution in [0.2, 0.25) is 5.02 Å². The Balaban J connectivity index is 2.26. The first kappa shape index (κ1) is 15.6. The Bertz CT molecular complexity index is 568. The largest absolute Gasteiger partial charge is 0.489 e. The third-order valence-electron chi connectivity index (χ3n) is 2.87. The van der Waals surface area contributed by atoms with Gasteiger partial charge < -0.3 is 9.47 Å². The average molecular weight is 320 g/mol. The molecule has 0 bridgehead atoms. The van der Waals surface area contributed by atoms with E-state index >= 15 is 0 Å². The van der Waals surface area contributed by atoms with Crippen molar-refractivity contribution in [3.05, 3.63) is 23.2 Å². The highest BCUT2D eigenvalue weighted by molar-refractivity contribution is 7.89. The van der Waals surface area contributed by atoms with Gasteiger partial charge in [-0.3, -0.25) is 0 Å². The van der Waals surface area contributed by atoms with Crippen molar-refractivity contribution in [3.8, 4) is 5.75 Å². The molecule has 1 saturated heterocycles. The summed E-state index contributed by atoms with van der Waals surface area (Å²) in [5, 5.41) is 0.299. The number of benzene rings is 1. The summed E-state index contributed by atoms with van der Waals surface area (Å²) in [4.78, 5) is 0.181. The van der Waals surface area contributed by atoms with Crippen LogP contribution in [0.25, 0.3) is 0 Å². The minimum absolute atomic E-state index is 0.0193. The summed E-state index contributed by atoms with van der Waals surface area (Å²) in [6, 6.07) is 4.55. The molecule has 1 fully saturated rings. The van der Waals surface area contributed by atoms with Gasteiger partial charge in [0.1, 0.15) is 5.75 Å². The second-order valence-electron chi connectivity index (χ2n) is 4.78. The molecule has 0 N–H and O–H groups in total. The molecule has 1 aromatic carbocycles. The van der Waals surface area contributed by atoms with Gasteiger partial charge in [-0.05, 0) is 32.0 Å². The summed E-state index contributed by atoms with van der Waals surface area (Å²) in [6.45, 7) is 5.33. The van der Waals surface area contributed by atoms with E-state index in [1.54, 1.807) is 6.07 Å². The molecule has 1 heterocycles. The molecule has 0 aromatic heterocycles. The lowest BCUT2D eigenvalue weighted by Gasteiger charge is -2.26. The number of sulfonamides is 1. The number of halogens is 1. The molecular weight excluding hydrogens is 302 g/mol. The molecule has 1 aliphatic heterocycles. The highest BCUT2D eigenvalue weighted by Gasteiger charge is 2.26. The van der Waals surface area contributed by atoms with Crippen LogP contribution in [-0.4, -0.2) is 45.1 Å². The molecule has 0 aliphatic carbocycles. The third-order valence-corrected chi connectivity index (χ3v) is 5.06. The van der Waals surface area contributed by atoms with Gasteiger partial charge in [0, 0.05) is 13.1 Å². The van der Waals surface area contributed by atoms with Crippen LogP contribution in [0, 0.1) is 0 Å². The zero-order chi connectivity index (χ0) is 14.8. The SMILES string of the molecule is CC(C)Oc1ccc(S(=O)(=O)N2CCOCC2)cc1Cl. The van der Waals surface area contributed by atoms with Crippen LogP contribution in [0.5, 0.6) is 5.75 Å². The lowest BCUT2D eigenvalue weighted by molar-refractivity contribution is 0.0730. The van der Waals surface area contributed by atoms with Gasteiger partial charge in [0.2, 0.25) is 10.0 Å². The molecule has 0 radical (unpaired) electrons. The fourth-order valence-corrected chi connectivity index (χ4v) is 3.65. The number of ether oxygens (including phenoxy) is 2. The lowest BCUT2D eigenvalue weighted by atomic mass is 10.3. The van der Waals surface area contributed by atoms with Gasteiger partial charge in [-0.1, -0.05) is 11.6 Å². The van der Waals surface area contributed by atoms with Gasteiger partial charge in [-0.25, -0.2) is 8.42 Å². The van der Waals surface area contributed by atoms with E-state index in [0.29, 0.717) is 37.1 Å². The van der Waals surface area contributed by atoms with Crippen molar-refractivity contribution in [2.45, 2.75) is 24.8 Å². The van der Waals surface area contributed by atoms with Gasteiger partial charge in [-0.2, -0.15) is 4.31 Å². The summed E-state index contributed by atoms with van der Waals surface area (Å²) in [6.07, 6.45) is -0.0193. The van der Waals surface area contributed by atoms with Crippen LogP contribution >= 0.6 is 11.6 Å². The monoisotopic (exact) mass is 319 g/mol. The first-order valence-electron chi connectivity index (χ1n) is 6.45. The van der Waals surface area contributed by atoms with E-state index in [4.69, 9.17) is 21.1 Å². The van der Waals surface area contributed by atoms with Crippen molar-refractivity contribution in [1.29, 1.82) is 0 Å². The first-order valence-corrected chi connectivity index (χ1v) is 8.27. The predicted molar refractivity (Wildman–Crippen MR) is 76.8 cm³/mol. The van der Waals surface area contributed by atoms with E-state index in [1.807, 2.05) is 13.8 Å². The van der Waals surface area contributed by atoms with Crippen LogP contribution in [0.15, 0.2) is 23.1 Å². The van der Waals surface area contributed by atoms with Crippen LogP contribution in [0.1, 0.15) is 13.8 Å². The van der Waals surface area contributed by atoms with E-state index in [9.17, 15) is 8.42 Å². The molecule has 0 unspecified atom stereocenters. The van der Waals surface area contributed by atoms with Crippen molar-refractivity contribution in [2.24, 2.45) is 0 Å². The average Bonchev–Trinajstić information content (AvgIpc) is 2.41. The highest BCUT2D eigenvalue weighted by Crippen LogP contribution is 2.29. The summed E-state index contributed by atoms with van der Waals surface area (Å²) in [5.41, 5.74) is 0. The minimum atomic E-state index is -3.52. The molecule has 0 spiro atoms. The Morgan fingerprint density at radius 2 is 1.95 bits per heavy atom. The van der Waals surface area contributed by atoms with Crippen molar-refractivity contribution in [1.82, 2.24) is 4.31 Å². The second kappa shape index (κ2) is 6.30. The Kier molecular flexibility index (Phi) is 4.90. The smallest absolute Gasteiger partial charge is 0.243 e. The van der Waals surface area contributed by atoms with Crippen LogP contribution in [-0.2, 0) is 14.8 Å². The van der Waals surface area contributed by atoms with E-state index in [-0.39, 0.29) is 11.0 Å². The Labute approximate surface area is 124 Å². The fraction of sp³-hybridized carbons (Fsp3) is 0.538. The summed E-state index contributed by atoms with van der Waals surface area (Å²) < 4.78 is 37.0. The number of hydrogen-bond acceptors (Lipinski definition) is 4. The maximum Gasteiger partial charge on any atom is 0.243 e. The number of rotatable bonds is 4. The lowest BCUT2D eigenvalue weighted by Crippen LogP contribution is -2.40. The molecule has 0 atom stereocenters. The third kappa shape index (κ3) is 3.44. The summed E-state index contributed by atoms with van der Waals surface area (Å²) in [7, 11) is -3.52. The van der Waals surface area contributed by atoms with Crippen LogP contribution < -0.4 is 4.74 Å². The Morgan fingerprint density at radius 3 is 2.50 bits per heavy atom. The zero-order valence-corrected chi connectivity index (χ0v) is 13.1. The topological polar surface area (TPSA) is 55.8 Å². The summed E-state index contributed by atoms with van der Waals surface area (Å²) >= 11 is 6.09. The van der Waals surface area contributed by atoms with E-state index in [1.165, 1.54) is 16.4 Å². The number of hydrogen-bond donors (Lipinski definition) is 0. The van der Waals surface area contributed by atoms with Crippen molar-refractivity contribution in [3.63, 3.8) is 0 Å².